The number of hydrogen-bond donors (Lipinski definition) is 0. The minimum Gasteiger partial charge on any atom is -0.336 e. The average Bonchev–Trinajstić information content (AvgIpc) is 2.61. The Labute approximate surface area is 154 Å². The molecule has 0 saturated carbocycles. The van der Waals surface area contributed by atoms with Gasteiger partial charge in [0.05, 0.1) is 5.56 Å². The predicted molar refractivity (Wildman–Crippen MR) is 90.3 cm³/mol. The summed E-state index contributed by atoms with van der Waals surface area (Å²) < 4.78 is 53.7. The summed E-state index contributed by atoms with van der Waals surface area (Å²) in [6.07, 6.45) is 1.45. The Morgan fingerprint density at radius 1 is 1.04 bits per heavy atom. The van der Waals surface area contributed by atoms with Gasteiger partial charge in [-0.1, -0.05) is 17.7 Å². The van der Waals surface area contributed by atoms with E-state index in [-0.39, 0.29) is 42.8 Å². The van der Waals surface area contributed by atoms with Crippen molar-refractivity contribution in [2.75, 3.05) is 26.2 Å². The van der Waals surface area contributed by atoms with Crippen LogP contribution >= 0.6 is 11.6 Å². The molecule has 1 fully saturated rings. The van der Waals surface area contributed by atoms with Crippen molar-refractivity contribution in [1.29, 1.82) is 0 Å². The quantitative estimate of drug-likeness (QED) is 0.739. The zero-order valence-electron chi connectivity index (χ0n) is 13.4. The van der Waals surface area contributed by atoms with Gasteiger partial charge in [0.1, 0.15) is 16.8 Å². The molecule has 0 unspecified atom stereocenters. The standard InChI is InChI=1S/C16H14ClF2N3O3S/c17-15-11(3-2-6-20-15)16(23)21-7-9-22(10-8-21)26(24,25)14-12(18)4-1-5-13(14)19/h1-6H,7-10H2. The lowest BCUT2D eigenvalue weighted by Crippen LogP contribution is -2.50. The topological polar surface area (TPSA) is 70.6 Å². The van der Waals surface area contributed by atoms with Crippen LogP contribution < -0.4 is 0 Å². The Balaban J connectivity index is 1.76. The summed E-state index contributed by atoms with van der Waals surface area (Å²) >= 11 is 5.91. The molecular weight excluding hydrogens is 388 g/mol. The molecule has 0 N–H and O–H groups in total. The van der Waals surface area contributed by atoms with Crippen molar-refractivity contribution in [3.63, 3.8) is 0 Å². The number of sulfonamides is 1. The first kappa shape index (κ1) is 18.7. The average molecular weight is 402 g/mol. The lowest BCUT2D eigenvalue weighted by Gasteiger charge is -2.34. The molecule has 2 heterocycles. The summed E-state index contributed by atoms with van der Waals surface area (Å²) in [6.45, 7) is -0.0296. The zero-order valence-corrected chi connectivity index (χ0v) is 15.0. The molecule has 138 valence electrons. The molecule has 1 aromatic heterocycles. The van der Waals surface area contributed by atoms with E-state index in [0.29, 0.717) is 0 Å². The summed E-state index contributed by atoms with van der Waals surface area (Å²) in [4.78, 5) is 16.8. The molecule has 0 spiro atoms. The van der Waals surface area contributed by atoms with Gasteiger partial charge in [-0.25, -0.2) is 22.2 Å². The third-order valence-electron chi connectivity index (χ3n) is 4.03. The van der Waals surface area contributed by atoms with Crippen LogP contribution in [-0.2, 0) is 10.0 Å². The highest BCUT2D eigenvalue weighted by molar-refractivity contribution is 7.89. The smallest absolute Gasteiger partial charge is 0.257 e. The van der Waals surface area contributed by atoms with Crippen LogP contribution in [0.3, 0.4) is 0 Å². The fourth-order valence-corrected chi connectivity index (χ4v) is 4.44. The molecule has 0 radical (unpaired) electrons. The largest absolute Gasteiger partial charge is 0.336 e. The molecule has 1 amide bonds. The number of benzene rings is 1. The van der Waals surface area contributed by atoms with E-state index >= 15 is 0 Å². The number of carbonyl (C=O) groups excluding carboxylic acids is 1. The monoisotopic (exact) mass is 401 g/mol. The molecule has 1 saturated heterocycles. The van der Waals surface area contributed by atoms with E-state index in [1.807, 2.05) is 0 Å². The molecule has 6 nitrogen and oxygen atoms in total. The molecule has 3 rings (SSSR count). The van der Waals surface area contributed by atoms with Gasteiger partial charge in [-0.3, -0.25) is 4.79 Å². The fraction of sp³-hybridized carbons (Fsp3) is 0.250. The second-order valence-corrected chi connectivity index (χ2v) is 7.82. The summed E-state index contributed by atoms with van der Waals surface area (Å²) in [6, 6.07) is 5.97. The third kappa shape index (κ3) is 3.42. The molecule has 0 aliphatic carbocycles. The van der Waals surface area contributed by atoms with E-state index in [1.54, 1.807) is 6.07 Å². The van der Waals surface area contributed by atoms with Crippen LogP contribution in [0.15, 0.2) is 41.4 Å². The van der Waals surface area contributed by atoms with E-state index in [0.717, 1.165) is 22.5 Å². The fourth-order valence-electron chi connectivity index (χ4n) is 2.71. The number of rotatable bonds is 3. The maximum Gasteiger partial charge on any atom is 0.257 e. The minimum absolute atomic E-state index is 0.0565. The molecule has 2 aromatic rings. The van der Waals surface area contributed by atoms with Crippen LogP contribution in [0.25, 0.3) is 0 Å². The van der Waals surface area contributed by atoms with Gasteiger partial charge in [0.15, 0.2) is 4.90 Å². The maximum atomic E-state index is 13.8. The van der Waals surface area contributed by atoms with Crippen molar-refractivity contribution in [3.8, 4) is 0 Å². The second-order valence-electron chi connectivity index (χ2n) is 5.59. The van der Waals surface area contributed by atoms with Crippen LogP contribution in [0.2, 0.25) is 5.15 Å². The Hall–Kier alpha value is -2.10. The van der Waals surface area contributed by atoms with Crippen molar-refractivity contribution in [1.82, 2.24) is 14.2 Å². The number of amides is 1. The third-order valence-corrected chi connectivity index (χ3v) is 6.28. The summed E-state index contributed by atoms with van der Waals surface area (Å²) in [7, 11) is -4.34. The van der Waals surface area contributed by atoms with Crippen molar-refractivity contribution in [2.45, 2.75) is 4.90 Å². The first-order valence-corrected chi connectivity index (χ1v) is 9.48. The molecule has 0 atom stereocenters. The summed E-state index contributed by atoms with van der Waals surface area (Å²) in [5.41, 5.74) is 0.214. The normalized spacial score (nSPS) is 15.9. The minimum atomic E-state index is -4.34. The van der Waals surface area contributed by atoms with Gasteiger partial charge in [0.2, 0.25) is 10.0 Å². The van der Waals surface area contributed by atoms with E-state index in [2.05, 4.69) is 4.98 Å². The van der Waals surface area contributed by atoms with Crippen molar-refractivity contribution in [2.24, 2.45) is 0 Å². The Morgan fingerprint density at radius 3 is 2.23 bits per heavy atom. The summed E-state index contributed by atoms with van der Waals surface area (Å²) in [5.74, 6) is -2.67. The van der Waals surface area contributed by atoms with E-state index in [9.17, 15) is 22.0 Å². The number of pyridine rings is 1. The first-order chi connectivity index (χ1) is 12.3. The highest BCUT2D eigenvalue weighted by atomic mass is 35.5. The van der Waals surface area contributed by atoms with Crippen LogP contribution in [-0.4, -0.2) is 54.7 Å². The number of aromatic nitrogens is 1. The highest BCUT2D eigenvalue weighted by Crippen LogP contribution is 2.24. The van der Waals surface area contributed by atoms with E-state index in [4.69, 9.17) is 11.6 Å². The van der Waals surface area contributed by atoms with Crippen LogP contribution in [0.5, 0.6) is 0 Å². The number of hydrogen-bond acceptors (Lipinski definition) is 4. The zero-order chi connectivity index (χ0) is 18.9. The van der Waals surface area contributed by atoms with Crippen molar-refractivity contribution >= 4 is 27.5 Å². The van der Waals surface area contributed by atoms with Gasteiger partial charge in [0, 0.05) is 32.4 Å². The molecule has 1 aliphatic rings. The first-order valence-electron chi connectivity index (χ1n) is 7.66. The summed E-state index contributed by atoms with van der Waals surface area (Å²) in [5, 5.41) is 0.0565. The van der Waals surface area contributed by atoms with Crippen LogP contribution in [0.1, 0.15) is 10.4 Å². The molecule has 26 heavy (non-hydrogen) atoms. The van der Waals surface area contributed by atoms with Gasteiger partial charge in [0.25, 0.3) is 5.91 Å². The van der Waals surface area contributed by atoms with Gasteiger partial charge in [-0.15, -0.1) is 0 Å². The molecule has 1 aliphatic heterocycles. The Kier molecular flexibility index (Phi) is 5.22. The van der Waals surface area contributed by atoms with Gasteiger partial charge in [-0.05, 0) is 24.3 Å². The van der Waals surface area contributed by atoms with Gasteiger partial charge < -0.3 is 4.90 Å². The van der Waals surface area contributed by atoms with Gasteiger partial charge in [-0.2, -0.15) is 4.31 Å². The lowest BCUT2D eigenvalue weighted by molar-refractivity contribution is 0.0697. The number of piperazine rings is 1. The predicted octanol–water partition coefficient (Wildman–Crippen LogP) is 2.16. The Morgan fingerprint density at radius 2 is 1.65 bits per heavy atom. The van der Waals surface area contributed by atoms with Crippen molar-refractivity contribution < 1.29 is 22.0 Å². The van der Waals surface area contributed by atoms with Gasteiger partial charge >= 0.3 is 0 Å². The lowest BCUT2D eigenvalue weighted by atomic mass is 10.2. The molecule has 0 bridgehead atoms. The van der Waals surface area contributed by atoms with E-state index < -0.39 is 26.6 Å². The van der Waals surface area contributed by atoms with Crippen LogP contribution in [0, 0.1) is 11.6 Å². The molecule has 1 aromatic carbocycles. The van der Waals surface area contributed by atoms with Crippen LogP contribution in [0.4, 0.5) is 8.78 Å². The number of carbonyl (C=O) groups is 1. The van der Waals surface area contributed by atoms with Crippen molar-refractivity contribution in [3.05, 3.63) is 58.9 Å². The molecular formula is C16H14ClF2N3O3S. The van der Waals surface area contributed by atoms with E-state index in [1.165, 1.54) is 17.2 Å². The Bertz CT molecular complexity index is 927. The number of nitrogens with zero attached hydrogens (tertiary/aromatic N) is 3. The second kappa shape index (κ2) is 7.26. The number of halogens is 3. The SMILES string of the molecule is O=C(c1cccnc1Cl)N1CCN(S(=O)(=O)c2c(F)cccc2F)CC1. The maximum absolute atomic E-state index is 13.8. The molecule has 10 heteroatoms. The highest BCUT2D eigenvalue weighted by Gasteiger charge is 2.34.